The zero-order valence-corrected chi connectivity index (χ0v) is 9.57. The number of fused-ring (bicyclic) bond motifs is 1. The third-order valence-corrected chi connectivity index (χ3v) is 3.46. The second-order valence-corrected chi connectivity index (χ2v) is 4.82. The fraction of sp³-hybridized carbons (Fsp3) is 0.455. The minimum Gasteiger partial charge on any atom is -0.324 e. The Labute approximate surface area is 94.2 Å². The van der Waals surface area contributed by atoms with Crippen LogP contribution >= 0.6 is 23.2 Å². The molecule has 1 nitrogen and oxygen atoms in total. The van der Waals surface area contributed by atoms with Gasteiger partial charge in [0.1, 0.15) is 0 Å². The quantitative estimate of drug-likeness (QED) is 0.718. The zero-order chi connectivity index (χ0) is 10.3. The van der Waals surface area contributed by atoms with Crippen LogP contribution in [0.25, 0.3) is 0 Å². The summed E-state index contributed by atoms with van der Waals surface area (Å²) in [5.74, 6) is 0.495. The molecule has 0 fully saturated rings. The lowest BCUT2D eigenvalue weighted by molar-refractivity contribution is 0.514. The number of hydrogen-bond donors (Lipinski definition) is 1. The Hall–Kier alpha value is -0.240. The topological polar surface area (TPSA) is 26.0 Å². The maximum absolute atomic E-state index is 6.17. The fourth-order valence-electron chi connectivity index (χ4n) is 2.16. The standard InChI is InChI=1S/C11H13Cl2N/c1-6-2-3-10(14)8-4-7(12)5-9(13)11(6)8/h4-6,10H,2-3,14H2,1H3/t6?,10-/m0/s1. The number of rotatable bonds is 0. The van der Waals surface area contributed by atoms with Crippen molar-refractivity contribution in [2.75, 3.05) is 0 Å². The van der Waals surface area contributed by atoms with Gasteiger partial charge in [0.25, 0.3) is 0 Å². The van der Waals surface area contributed by atoms with Crippen molar-refractivity contribution >= 4 is 23.2 Å². The zero-order valence-electron chi connectivity index (χ0n) is 8.06. The first-order valence-electron chi connectivity index (χ1n) is 4.84. The van der Waals surface area contributed by atoms with Gasteiger partial charge in [0, 0.05) is 16.1 Å². The summed E-state index contributed by atoms with van der Waals surface area (Å²) in [6.45, 7) is 2.19. The smallest absolute Gasteiger partial charge is 0.0458 e. The average molecular weight is 230 g/mol. The van der Waals surface area contributed by atoms with E-state index in [1.165, 1.54) is 5.56 Å². The molecule has 76 valence electrons. The van der Waals surface area contributed by atoms with Crippen LogP contribution in [0.1, 0.15) is 42.9 Å². The monoisotopic (exact) mass is 229 g/mol. The van der Waals surface area contributed by atoms with Crippen molar-refractivity contribution in [2.45, 2.75) is 31.7 Å². The molecule has 0 aromatic heterocycles. The Bertz CT molecular complexity index is 363. The molecule has 2 atom stereocenters. The molecule has 0 saturated heterocycles. The van der Waals surface area contributed by atoms with Gasteiger partial charge in [-0.1, -0.05) is 30.1 Å². The van der Waals surface area contributed by atoms with Gasteiger partial charge in [-0.05, 0) is 42.0 Å². The van der Waals surface area contributed by atoms with Crippen LogP contribution in [0.15, 0.2) is 12.1 Å². The predicted molar refractivity (Wildman–Crippen MR) is 61.0 cm³/mol. The van der Waals surface area contributed by atoms with Gasteiger partial charge in [-0.2, -0.15) is 0 Å². The molecule has 0 spiro atoms. The van der Waals surface area contributed by atoms with E-state index in [1.54, 1.807) is 6.07 Å². The molecule has 0 saturated carbocycles. The van der Waals surface area contributed by atoms with Crippen LogP contribution in [0.5, 0.6) is 0 Å². The van der Waals surface area contributed by atoms with Crippen LogP contribution in [0.4, 0.5) is 0 Å². The van der Waals surface area contributed by atoms with Crippen molar-refractivity contribution in [2.24, 2.45) is 5.73 Å². The van der Waals surface area contributed by atoms with Crippen molar-refractivity contribution in [3.63, 3.8) is 0 Å². The van der Waals surface area contributed by atoms with Crippen molar-refractivity contribution in [1.82, 2.24) is 0 Å². The van der Waals surface area contributed by atoms with E-state index in [0.29, 0.717) is 10.9 Å². The Morgan fingerprint density at radius 3 is 2.71 bits per heavy atom. The highest BCUT2D eigenvalue weighted by Crippen LogP contribution is 2.41. The number of halogens is 2. The third-order valence-electron chi connectivity index (χ3n) is 2.93. The molecule has 14 heavy (non-hydrogen) atoms. The van der Waals surface area contributed by atoms with Crippen molar-refractivity contribution < 1.29 is 0 Å². The summed E-state index contributed by atoms with van der Waals surface area (Å²) in [5, 5.41) is 1.44. The van der Waals surface area contributed by atoms with Crippen LogP contribution in [-0.2, 0) is 0 Å². The second-order valence-electron chi connectivity index (χ2n) is 3.98. The molecule has 0 heterocycles. The summed E-state index contributed by atoms with van der Waals surface area (Å²) in [6.07, 6.45) is 2.13. The minimum absolute atomic E-state index is 0.0948. The van der Waals surface area contributed by atoms with Gasteiger partial charge in [-0.15, -0.1) is 0 Å². The molecule has 0 bridgehead atoms. The van der Waals surface area contributed by atoms with Gasteiger partial charge in [-0.25, -0.2) is 0 Å². The summed E-state index contributed by atoms with van der Waals surface area (Å²) >= 11 is 12.1. The lowest BCUT2D eigenvalue weighted by atomic mass is 9.81. The van der Waals surface area contributed by atoms with E-state index in [0.717, 1.165) is 23.4 Å². The van der Waals surface area contributed by atoms with E-state index < -0.39 is 0 Å². The van der Waals surface area contributed by atoms with Gasteiger partial charge < -0.3 is 5.73 Å². The summed E-state index contributed by atoms with van der Waals surface area (Å²) in [6, 6.07) is 3.84. The van der Waals surface area contributed by atoms with Crippen molar-refractivity contribution in [1.29, 1.82) is 0 Å². The highest BCUT2D eigenvalue weighted by Gasteiger charge is 2.24. The van der Waals surface area contributed by atoms with Crippen LogP contribution in [-0.4, -0.2) is 0 Å². The van der Waals surface area contributed by atoms with Crippen LogP contribution in [0, 0.1) is 0 Å². The van der Waals surface area contributed by atoms with E-state index in [-0.39, 0.29) is 6.04 Å². The Balaban J connectivity index is 2.60. The van der Waals surface area contributed by atoms with E-state index in [9.17, 15) is 0 Å². The third kappa shape index (κ3) is 1.65. The molecular weight excluding hydrogens is 217 g/mol. The minimum atomic E-state index is 0.0948. The van der Waals surface area contributed by atoms with Crippen LogP contribution in [0.2, 0.25) is 10.0 Å². The molecule has 0 aliphatic heterocycles. The molecule has 2 rings (SSSR count). The number of hydrogen-bond acceptors (Lipinski definition) is 1. The fourth-order valence-corrected chi connectivity index (χ4v) is 2.86. The average Bonchev–Trinajstić information content (AvgIpc) is 2.10. The highest BCUT2D eigenvalue weighted by atomic mass is 35.5. The SMILES string of the molecule is CC1CC[C@H](N)c2cc(Cl)cc(Cl)c21. The van der Waals surface area contributed by atoms with Gasteiger partial charge in [-0.3, -0.25) is 0 Å². The molecule has 1 aromatic rings. The molecule has 2 N–H and O–H groups in total. The molecule has 1 aliphatic carbocycles. The Morgan fingerprint density at radius 2 is 2.00 bits per heavy atom. The Morgan fingerprint density at radius 1 is 1.29 bits per heavy atom. The first kappa shape index (κ1) is 10.3. The van der Waals surface area contributed by atoms with E-state index >= 15 is 0 Å². The molecular formula is C11H13Cl2N. The van der Waals surface area contributed by atoms with Gasteiger partial charge in [0.05, 0.1) is 0 Å². The Kier molecular flexibility index (Phi) is 2.74. The largest absolute Gasteiger partial charge is 0.324 e. The number of benzene rings is 1. The van der Waals surface area contributed by atoms with E-state index in [1.807, 2.05) is 6.07 Å². The van der Waals surface area contributed by atoms with E-state index in [2.05, 4.69) is 6.92 Å². The normalized spacial score (nSPS) is 26.0. The molecule has 0 amide bonds. The highest BCUT2D eigenvalue weighted by molar-refractivity contribution is 6.35. The maximum atomic E-state index is 6.17. The molecule has 1 aliphatic rings. The number of nitrogens with two attached hydrogens (primary N) is 1. The summed E-state index contributed by atoms with van der Waals surface area (Å²) in [7, 11) is 0. The summed E-state index contributed by atoms with van der Waals surface area (Å²) in [4.78, 5) is 0. The van der Waals surface area contributed by atoms with Gasteiger partial charge >= 0.3 is 0 Å². The molecule has 0 radical (unpaired) electrons. The molecule has 1 aromatic carbocycles. The summed E-state index contributed by atoms with van der Waals surface area (Å²) < 4.78 is 0. The van der Waals surface area contributed by atoms with Crippen LogP contribution < -0.4 is 5.73 Å². The van der Waals surface area contributed by atoms with Crippen molar-refractivity contribution in [3.05, 3.63) is 33.3 Å². The van der Waals surface area contributed by atoms with Crippen LogP contribution in [0.3, 0.4) is 0 Å². The maximum Gasteiger partial charge on any atom is 0.0458 e. The molecule has 3 heteroatoms. The lowest BCUT2D eigenvalue weighted by Gasteiger charge is -2.28. The summed E-state index contributed by atoms with van der Waals surface area (Å²) in [5.41, 5.74) is 8.34. The first-order valence-corrected chi connectivity index (χ1v) is 5.59. The second kappa shape index (κ2) is 3.73. The lowest BCUT2D eigenvalue weighted by Crippen LogP contribution is -2.19. The molecule has 1 unspecified atom stereocenters. The van der Waals surface area contributed by atoms with E-state index in [4.69, 9.17) is 28.9 Å². The first-order chi connectivity index (χ1) is 6.59. The predicted octanol–water partition coefficient (Wildman–Crippen LogP) is 3.89. The van der Waals surface area contributed by atoms with Gasteiger partial charge in [0.15, 0.2) is 0 Å². The van der Waals surface area contributed by atoms with Gasteiger partial charge in [0.2, 0.25) is 0 Å². The van der Waals surface area contributed by atoms with Crippen molar-refractivity contribution in [3.8, 4) is 0 Å².